The molecule has 0 spiro atoms. The molecule has 1 N–H and O–H groups in total. The Morgan fingerprint density at radius 3 is 2.61 bits per heavy atom. The third-order valence-corrected chi connectivity index (χ3v) is 8.47. The van der Waals surface area contributed by atoms with Gasteiger partial charge in [0.1, 0.15) is 11.4 Å². The lowest BCUT2D eigenvalue weighted by atomic mass is 10.1. The molecule has 2 aliphatic heterocycles. The van der Waals surface area contributed by atoms with Gasteiger partial charge >= 0.3 is 0 Å². The largest absolute Gasteiger partial charge is 0.475 e. The molecule has 1 unspecified atom stereocenters. The summed E-state index contributed by atoms with van der Waals surface area (Å²) in [6.07, 6.45) is 0.0390. The number of hydrogen-bond acceptors (Lipinski definition) is 10. The van der Waals surface area contributed by atoms with Crippen LogP contribution in [0.5, 0.6) is 5.75 Å². The number of para-hydroxylation sites is 1. The Bertz CT molecular complexity index is 1210. The number of carbonyl (C=O) groups excluding carboxylic acids is 2. The van der Waals surface area contributed by atoms with Crippen molar-refractivity contribution in [3.8, 4) is 5.75 Å². The maximum absolute atomic E-state index is 13.4. The van der Waals surface area contributed by atoms with Gasteiger partial charge in [-0.05, 0) is 36.5 Å². The fourth-order valence-electron chi connectivity index (χ4n) is 4.68. The smallest absolute Gasteiger partial charge is 0.270 e. The first-order valence-electron chi connectivity index (χ1n) is 12.9. The molecule has 3 aromatic rings. The number of aromatic nitrogens is 1. The van der Waals surface area contributed by atoms with Crippen LogP contribution in [0.15, 0.2) is 47.2 Å². The van der Waals surface area contributed by atoms with Crippen LogP contribution in [0.3, 0.4) is 0 Å². The Labute approximate surface area is 230 Å². The summed E-state index contributed by atoms with van der Waals surface area (Å²) in [6.45, 7) is 7.30. The third-order valence-electron chi connectivity index (χ3n) is 6.73. The van der Waals surface area contributed by atoms with E-state index >= 15 is 0 Å². The molecule has 0 radical (unpaired) electrons. The van der Waals surface area contributed by atoms with Gasteiger partial charge in [0.2, 0.25) is 11.9 Å². The van der Waals surface area contributed by atoms with Crippen molar-refractivity contribution in [3.05, 3.63) is 63.3 Å². The van der Waals surface area contributed by atoms with Gasteiger partial charge in [0.15, 0.2) is 5.13 Å². The van der Waals surface area contributed by atoms with Crippen molar-refractivity contribution < 1.29 is 24.2 Å². The van der Waals surface area contributed by atoms with Crippen LogP contribution < -0.4 is 9.64 Å². The molecule has 1 fully saturated rings. The van der Waals surface area contributed by atoms with Crippen molar-refractivity contribution in [2.24, 2.45) is 0 Å². The van der Waals surface area contributed by atoms with Crippen LogP contribution >= 0.6 is 22.7 Å². The number of aliphatic hydroxyl groups is 1. The van der Waals surface area contributed by atoms with Gasteiger partial charge in [-0.1, -0.05) is 18.2 Å². The topological polar surface area (TPSA) is 95.4 Å². The number of rotatable bonds is 12. The maximum atomic E-state index is 13.4. The number of thiazole rings is 1. The Hall–Kier alpha value is -2.67. The van der Waals surface area contributed by atoms with Crippen LogP contribution in [-0.4, -0.2) is 97.2 Å². The van der Waals surface area contributed by atoms with E-state index in [-0.39, 0.29) is 18.3 Å². The highest BCUT2D eigenvalue weighted by Crippen LogP contribution is 2.38. The van der Waals surface area contributed by atoms with Crippen LogP contribution in [0.2, 0.25) is 0 Å². The van der Waals surface area contributed by atoms with Crippen molar-refractivity contribution >= 4 is 39.5 Å². The second-order valence-electron chi connectivity index (χ2n) is 9.22. The minimum Gasteiger partial charge on any atom is -0.475 e. The zero-order valence-corrected chi connectivity index (χ0v) is 22.8. The molecular formula is C27H32N4O5S2. The van der Waals surface area contributed by atoms with E-state index in [1.165, 1.54) is 22.7 Å². The molecule has 11 heteroatoms. The van der Waals surface area contributed by atoms with Gasteiger partial charge in [0.05, 0.1) is 30.3 Å². The number of anilines is 1. The quantitative estimate of drug-likeness (QED) is 0.340. The molecule has 9 nitrogen and oxygen atoms in total. The number of thiophene rings is 1. The fourth-order valence-corrected chi connectivity index (χ4v) is 6.21. The van der Waals surface area contributed by atoms with Crippen LogP contribution in [0.25, 0.3) is 0 Å². The zero-order valence-electron chi connectivity index (χ0n) is 21.2. The van der Waals surface area contributed by atoms with E-state index in [2.05, 4.69) is 9.80 Å². The number of hydrogen-bond donors (Lipinski definition) is 1. The average molecular weight is 557 g/mol. The Morgan fingerprint density at radius 1 is 1.08 bits per heavy atom. The van der Waals surface area contributed by atoms with Crippen molar-refractivity contribution in [1.29, 1.82) is 0 Å². The SMILES string of the molecule is O=C1c2ccccc2OC1c1csc(N(CCCN2CCN(CCOCCO)CC2)C(=O)c2cccs2)n1. The summed E-state index contributed by atoms with van der Waals surface area (Å²) in [4.78, 5) is 38.2. The van der Waals surface area contributed by atoms with E-state index in [4.69, 9.17) is 19.6 Å². The normalized spacial score (nSPS) is 17.9. The van der Waals surface area contributed by atoms with Crippen LogP contribution in [0, 0.1) is 0 Å². The van der Waals surface area contributed by atoms with E-state index in [1.54, 1.807) is 17.0 Å². The van der Waals surface area contributed by atoms with Gasteiger partial charge < -0.3 is 19.5 Å². The molecule has 1 amide bonds. The Balaban J connectivity index is 1.19. The highest BCUT2D eigenvalue weighted by molar-refractivity contribution is 7.14. The minimum atomic E-state index is -0.776. The lowest BCUT2D eigenvalue weighted by Crippen LogP contribution is -2.48. The molecule has 1 atom stereocenters. The van der Waals surface area contributed by atoms with Crippen molar-refractivity contribution in [2.75, 3.05) is 70.5 Å². The number of Topliss-reactive ketones (excluding diaryl/α,β-unsaturated/α-hetero) is 1. The number of aliphatic hydroxyl groups excluding tert-OH is 1. The number of ketones is 1. The van der Waals surface area contributed by atoms with E-state index in [9.17, 15) is 9.59 Å². The van der Waals surface area contributed by atoms with Gasteiger partial charge in [-0.2, -0.15) is 0 Å². The zero-order chi connectivity index (χ0) is 26.3. The van der Waals surface area contributed by atoms with Crippen LogP contribution in [0.4, 0.5) is 5.13 Å². The molecule has 4 heterocycles. The van der Waals surface area contributed by atoms with Crippen molar-refractivity contribution in [2.45, 2.75) is 12.5 Å². The molecule has 1 aromatic carbocycles. The van der Waals surface area contributed by atoms with E-state index in [0.29, 0.717) is 46.8 Å². The Kier molecular flexibility index (Phi) is 9.15. The number of ether oxygens (including phenoxy) is 2. The first-order chi connectivity index (χ1) is 18.6. The summed E-state index contributed by atoms with van der Waals surface area (Å²) in [7, 11) is 0. The first-order valence-corrected chi connectivity index (χ1v) is 14.6. The number of fused-ring (bicyclic) bond motifs is 1. The number of nitrogens with zero attached hydrogens (tertiary/aromatic N) is 4. The number of carbonyl (C=O) groups is 2. The lowest BCUT2D eigenvalue weighted by molar-refractivity contribution is 0.0575. The van der Waals surface area contributed by atoms with Gasteiger partial charge in [-0.25, -0.2) is 4.98 Å². The number of amides is 1. The molecule has 0 aliphatic carbocycles. The van der Waals surface area contributed by atoms with E-state index < -0.39 is 6.10 Å². The summed E-state index contributed by atoms with van der Waals surface area (Å²) < 4.78 is 11.3. The fraction of sp³-hybridized carbons (Fsp3) is 0.444. The summed E-state index contributed by atoms with van der Waals surface area (Å²) in [5, 5.41) is 13.1. The predicted octanol–water partition coefficient (Wildman–Crippen LogP) is 3.18. The minimum absolute atomic E-state index is 0.0584. The van der Waals surface area contributed by atoms with Crippen molar-refractivity contribution in [1.82, 2.24) is 14.8 Å². The lowest BCUT2D eigenvalue weighted by Gasteiger charge is -2.34. The summed E-state index contributed by atoms with van der Waals surface area (Å²) in [5.74, 6) is 0.393. The Morgan fingerprint density at radius 2 is 1.87 bits per heavy atom. The van der Waals surface area contributed by atoms with Crippen LogP contribution in [0.1, 0.15) is 38.2 Å². The molecule has 5 rings (SSSR count). The van der Waals surface area contributed by atoms with Gasteiger partial charge in [-0.3, -0.25) is 19.4 Å². The molecule has 202 valence electrons. The molecule has 0 saturated carbocycles. The average Bonchev–Trinajstić information content (AvgIpc) is 3.71. The molecule has 2 aromatic heterocycles. The summed E-state index contributed by atoms with van der Waals surface area (Å²) >= 11 is 2.78. The van der Waals surface area contributed by atoms with Crippen molar-refractivity contribution in [3.63, 3.8) is 0 Å². The maximum Gasteiger partial charge on any atom is 0.270 e. The van der Waals surface area contributed by atoms with Gasteiger partial charge in [0.25, 0.3) is 5.91 Å². The molecule has 38 heavy (non-hydrogen) atoms. The summed E-state index contributed by atoms with van der Waals surface area (Å²) in [6, 6.07) is 10.9. The third kappa shape index (κ3) is 6.31. The number of benzene rings is 1. The summed E-state index contributed by atoms with van der Waals surface area (Å²) in [5.41, 5.74) is 1.10. The van der Waals surface area contributed by atoms with Gasteiger partial charge in [0, 0.05) is 44.6 Å². The number of piperazine rings is 1. The first kappa shape index (κ1) is 26.9. The monoisotopic (exact) mass is 556 g/mol. The molecular weight excluding hydrogens is 524 g/mol. The standard InChI is InChI=1S/C27H32N4O5S2/c32-15-17-35-16-14-30-12-10-29(11-13-30)8-4-9-31(26(34)23-7-3-18-37-23)27-28-21(19-38-27)25-24(33)20-5-1-2-6-22(20)36-25/h1-3,5-7,18-19,25,32H,4,8-17H2. The second-order valence-corrected chi connectivity index (χ2v) is 11.0. The highest BCUT2D eigenvalue weighted by Gasteiger charge is 2.36. The molecule has 1 saturated heterocycles. The van der Waals surface area contributed by atoms with E-state index in [0.717, 1.165) is 45.7 Å². The molecule has 0 bridgehead atoms. The highest BCUT2D eigenvalue weighted by atomic mass is 32.1. The van der Waals surface area contributed by atoms with Crippen LogP contribution in [-0.2, 0) is 4.74 Å². The van der Waals surface area contributed by atoms with Gasteiger partial charge in [-0.15, -0.1) is 22.7 Å². The van der Waals surface area contributed by atoms with E-state index in [1.807, 2.05) is 35.0 Å². The predicted molar refractivity (Wildman–Crippen MR) is 148 cm³/mol. The molecule has 2 aliphatic rings. The second kappa shape index (κ2) is 12.9.